The quantitative estimate of drug-likeness (QED) is 0.528. The van der Waals surface area contributed by atoms with Crippen molar-refractivity contribution in [2.75, 3.05) is 19.6 Å². The van der Waals surface area contributed by atoms with Gasteiger partial charge in [-0.1, -0.05) is 66.7 Å². The SMILES string of the molecule is O=C(O)Cc1ccc2c(c1)/C(=C/CN1CCC(Cc3ccccc3)CC1)c1ccccc1CO2. The number of carboxylic acids is 1. The van der Waals surface area contributed by atoms with Gasteiger partial charge in [-0.15, -0.1) is 0 Å². The third-order valence-electron chi connectivity index (χ3n) is 7.01. The molecule has 174 valence electrons. The summed E-state index contributed by atoms with van der Waals surface area (Å²) in [7, 11) is 0. The van der Waals surface area contributed by atoms with Crippen molar-refractivity contribution in [3.8, 4) is 5.75 Å². The van der Waals surface area contributed by atoms with E-state index in [-0.39, 0.29) is 6.42 Å². The normalized spacial score (nSPS) is 17.5. The average molecular weight is 454 g/mol. The molecule has 3 aromatic rings. The van der Waals surface area contributed by atoms with Crippen molar-refractivity contribution in [3.05, 3.63) is 107 Å². The zero-order valence-electron chi connectivity index (χ0n) is 19.5. The van der Waals surface area contributed by atoms with Crippen LogP contribution in [0.1, 0.15) is 40.7 Å². The van der Waals surface area contributed by atoms with Crippen molar-refractivity contribution in [2.45, 2.75) is 32.3 Å². The molecule has 0 aromatic heterocycles. The van der Waals surface area contributed by atoms with Gasteiger partial charge in [-0.3, -0.25) is 9.69 Å². The number of nitrogens with zero attached hydrogens (tertiary/aromatic N) is 1. The highest BCUT2D eigenvalue weighted by molar-refractivity contribution is 5.85. The molecule has 0 aliphatic carbocycles. The van der Waals surface area contributed by atoms with Crippen LogP contribution in [0, 0.1) is 5.92 Å². The molecule has 4 heteroatoms. The lowest BCUT2D eigenvalue weighted by molar-refractivity contribution is -0.136. The Morgan fingerprint density at radius 3 is 2.50 bits per heavy atom. The van der Waals surface area contributed by atoms with E-state index in [1.165, 1.54) is 30.4 Å². The molecule has 0 unspecified atom stereocenters. The minimum atomic E-state index is -0.821. The van der Waals surface area contributed by atoms with Crippen LogP contribution in [0.25, 0.3) is 5.57 Å². The number of hydrogen-bond donors (Lipinski definition) is 1. The Labute approximate surface area is 201 Å². The van der Waals surface area contributed by atoms with Crippen molar-refractivity contribution in [2.24, 2.45) is 5.92 Å². The molecule has 1 saturated heterocycles. The first-order valence-corrected chi connectivity index (χ1v) is 12.2. The summed E-state index contributed by atoms with van der Waals surface area (Å²) in [5.74, 6) is 0.745. The van der Waals surface area contributed by atoms with Gasteiger partial charge in [0.1, 0.15) is 12.4 Å². The molecule has 2 heterocycles. The molecule has 2 aliphatic heterocycles. The molecule has 0 saturated carbocycles. The molecule has 4 nitrogen and oxygen atoms in total. The maximum Gasteiger partial charge on any atom is 0.307 e. The van der Waals surface area contributed by atoms with E-state index in [0.29, 0.717) is 6.61 Å². The van der Waals surface area contributed by atoms with Gasteiger partial charge < -0.3 is 9.84 Å². The van der Waals surface area contributed by atoms with Gasteiger partial charge in [0.2, 0.25) is 0 Å². The molecule has 1 fully saturated rings. The summed E-state index contributed by atoms with van der Waals surface area (Å²) in [4.78, 5) is 13.8. The summed E-state index contributed by atoms with van der Waals surface area (Å²) < 4.78 is 6.13. The monoisotopic (exact) mass is 453 g/mol. The largest absolute Gasteiger partial charge is 0.488 e. The minimum Gasteiger partial charge on any atom is -0.488 e. The van der Waals surface area contributed by atoms with Crippen LogP contribution in [-0.4, -0.2) is 35.6 Å². The topological polar surface area (TPSA) is 49.8 Å². The maximum absolute atomic E-state index is 11.3. The first-order chi connectivity index (χ1) is 16.7. The summed E-state index contributed by atoms with van der Waals surface area (Å²) in [6, 6.07) is 24.9. The van der Waals surface area contributed by atoms with Gasteiger partial charge in [0.25, 0.3) is 0 Å². The standard InChI is InChI=1S/C30H31NO3/c32-30(33)20-24-10-11-29-28(19-24)27(26-9-5-4-8-25(26)21-34-29)14-17-31-15-12-23(13-16-31)18-22-6-2-1-3-7-22/h1-11,14,19,23H,12-13,15-18,20-21H2,(H,32,33)/b27-14+. The number of rotatable bonds is 6. The second kappa shape index (κ2) is 10.3. The second-order valence-corrected chi connectivity index (χ2v) is 9.40. The molecule has 0 bridgehead atoms. The molecule has 0 atom stereocenters. The molecule has 34 heavy (non-hydrogen) atoms. The van der Waals surface area contributed by atoms with Crippen molar-refractivity contribution in [1.82, 2.24) is 4.90 Å². The van der Waals surface area contributed by atoms with E-state index in [1.54, 1.807) is 0 Å². The Kier molecular flexibility index (Phi) is 6.77. The van der Waals surface area contributed by atoms with Crippen LogP contribution in [0.15, 0.2) is 78.9 Å². The van der Waals surface area contributed by atoms with Gasteiger partial charge in [-0.25, -0.2) is 0 Å². The summed E-state index contributed by atoms with van der Waals surface area (Å²) in [6.07, 6.45) is 5.93. The number of aliphatic carboxylic acids is 1. The molecular weight excluding hydrogens is 422 g/mol. The molecule has 1 N–H and O–H groups in total. The van der Waals surface area contributed by atoms with Gasteiger partial charge >= 0.3 is 5.97 Å². The Morgan fingerprint density at radius 1 is 0.941 bits per heavy atom. The lowest BCUT2D eigenvalue weighted by atomic mass is 9.90. The van der Waals surface area contributed by atoms with Crippen LogP contribution in [0.5, 0.6) is 5.75 Å². The number of likely N-dealkylation sites (tertiary alicyclic amines) is 1. The summed E-state index contributed by atoms with van der Waals surface area (Å²) in [5.41, 5.74) is 6.69. The van der Waals surface area contributed by atoms with Crippen molar-refractivity contribution < 1.29 is 14.6 Å². The highest BCUT2D eigenvalue weighted by Crippen LogP contribution is 2.37. The third-order valence-corrected chi connectivity index (χ3v) is 7.01. The Bertz CT molecular complexity index is 1180. The number of carbonyl (C=O) groups is 1. The van der Waals surface area contributed by atoms with Gasteiger partial charge in [-0.2, -0.15) is 0 Å². The number of hydrogen-bond acceptors (Lipinski definition) is 3. The lowest BCUT2D eigenvalue weighted by Gasteiger charge is -2.31. The molecule has 0 radical (unpaired) electrons. The van der Waals surface area contributed by atoms with E-state index in [4.69, 9.17) is 4.74 Å². The fourth-order valence-corrected chi connectivity index (χ4v) is 5.17. The number of piperidine rings is 1. The van der Waals surface area contributed by atoms with E-state index < -0.39 is 5.97 Å². The van der Waals surface area contributed by atoms with Crippen molar-refractivity contribution in [1.29, 1.82) is 0 Å². The Morgan fingerprint density at radius 2 is 1.71 bits per heavy atom. The second-order valence-electron chi connectivity index (χ2n) is 9.40. The summed E-state index contributed by atoms with van der Waals surface area (Å²) in [5, 5.41) is 9.29. The molecule has 5 rings (SSSR count). The predicted octanol–water partition coefficient (Wildman–Crippen LogP) is 5.59. The predicted molar refractivity (Wildman–Crippen MR) is 135 cm³/mol. The zero-order valence-corrected chi connectivity index (χ0v) is 19.5. The van der Waals surface area contributed by atoms with Crippen molar-refractivity contribution in [3.63, 3.8) is 0 Å². The highest BCUT2D eigenvalue weighted by atomic mass is 16.5. The minimum absolute atomic E-state index is 0.0110. The van der Waals surface area contributed by atoms with E-state index in [0.717, 1.165) is 53.6 Å². The van der Waals surface area contributed by atoms with E-state index in [9.17, 15) is 9.90 Å². The summed E-state index contributed by atoms with van der Waals surface area (Å²) in [6.45, 7) is 3.60. The van der Waals surface area contributed by atoms with Crippen LogP contribution in [0.2, 0.25) is 0 Å². The molecular formula is C30H31NO3. The first kappa shape index (κ1) is 22.4. The number of ether oxygens (including phenoxy) is 1. The van der Waals surface area contributed by atoms with Crippen LogP contribution in [-0.2, 0) is 24.2 Å². The Balaban J connectivity index is 1.35. The number of carboxylic acid groups (broad SMARTS) is 1. The third kappa shape index (κ3) is 5.23. The lowest BCUT2D eigenvalue weighted by Crippen LogP contribution is -2.34. The van der Waals surface area contributed by atoms with Gasteiger partial charge in [-0.05, 0) is 78.2 Å². The fraction of sp³-hybridized carbons (Fsp3) is 0.300. The molecule has 0 amide bonds. The highest BCUT2D eigenvalue weighted by Gasteiger charge is 2.22. The maximum atomic E-state index is 11.3. The van der Waals surface area contributed by atoms with Gasteiger partial charge in [0, 0.05) is 12.1 Å². The van der Waals surface area contributed by atoms with Crippen LogP contribution in [0.4, 0.5) is 0 Å². The smallest absolute Gasteiger partial charge is 0.307 e. The van der Waals surface area contributed by atoms with Crippen LogP contribution in [0.3, 0.4) is 0 Å². The molecule has 3 aromatic carbocycles. The summed E-state index contributed by atoms with van der Waals surface area (Å²) >= 11 is 0. The first-order valence-electron chi connectivity index (χ1n) is 12.2. The van der Waals surface area contributed by atoms with Gasteiger partial charge in [0.15, 0.2) is 0 Å². The fourth-order valence-electron chi connectivity index (χ4n) is 5.17. The van der Waals surface area contributed by atoms with E-state index in [2.05, 4.69) is 59.5 Å². The number of benzene rings is 3. The van der Waals surface area contributed by atoms with Gasteiger partial charge in [0.05, 0.1) is 6.42 Å². The molecule has 0 spiro atoms. The average Bonchev–Trinajstić information content (AvgIpc) is 3.00. The van der Waals surface area contributed by atoms with Crippen LogP contribution < -0.4 is 4.74 Å². The van der Waals surface area contributed by atoms with E-state index in [1.807, 2.05) is 24.3 Å². The number of fused-ring (bicyclic) bond motifs is 2. The van der Waals surface area contributed by atoms with Crippen LogP contribution >= 0.6 is 0 Å². The van der Waals surface area contributed by atoms with E-state index >= 15 is 0 Å². The molecule has 2 aliphatic rings. The van der Waals surface area contributed by atoms with Crippen molar-refractivity contribution >= 4 is 11.5 Å². The zero-order chi connectivity index (χ0) is 23.3. The Hall–Kier alpha value is -3.37.